The molecule has 4 rings (SSSR count). The minimum Gasteiger partial charge on any atom is -0.332 e. The summed E-state index contributed by atoms with van der Waals surface area (Å²) in [5.41, 5.74) is 4.49. The molecular formula is C30H41N3O3S. The number of thioether (sulfide) groups is 1. The van der Waals surface area contributed by atoms with E-state index >= 15 is 0 Å². The number of nitrogens with zero attached hydrogens (tertiary/aromatic N) is 3. The monoisotopic (exact) mass is 523 g/mol. The Morgan fingerprint density at radius 3 is 2.41 bits per heavy atom. The van der Waals surface area contributed by atoms with Gasteiger partial charge in [-0.15, -0.1) is 11.8 Å². The zero-order chi connectivity index (χ0) is 26.8. The van der Waals surface area contributed by atoms with Gasteiger partial charge in [0.05, 0.1) is 0 Å². The highest BCUT2D eigenvalue weighted by Crippen LogP contribution is 2.35. The number of fused-ring (bicyclic) bond motifs is 1. The average molecular weight is 524 g/mol. The van der Waals surface area contributed by atoms with Crippen molar-refractivity contribution < 1.29 is 14.4 Å². The fourth-order valence-electron chi connectivity index (χ4n) is 4.82. The molecule has 0 radical (unpaired) electrons. The standard InChI is InChI=1S/C28H35N3O3S.C2H6/c1-21(9-14-27(33)29(2)20-32)31-18-25-24(28(31)34)7-6-8-26(25)35-19-23-12-10-22(11-13-23)17-30-15-4-3-5-16-30;1-2/h6-8,10-13,20-21H,3-5,9,14-19H2,1-2H3;1-2H3. The fourth-order valence-corrected chi connectivity index (χ4v) is 5.86. The van der Waals surface area contributed by atoms with Gasteiger partial charge < -0.3 is 4.90 Å². The number of carbonyl (C=O) groups is 3. The van der Waals surface area contributed by atoms with E-state index in [-0.39, 0.29) is 24.3 Å². The third-order valence-electron chi connectivity index (χ3n) is 7.08. The third kappa shape index (κ3) is 7.68. The summed E-state index contributed by atoms with van der Waals surface area (Å²) in [6.45, 7) is 9.97. The zero-order valence-electron chi connectivity index (χ0n) is 22.7. The Kier molecular flexibility index (Phi) is 11.2. The Morgan fingerprint density at radius 1 is 1.05 bits per heavy atom. The van der Waals surface area contributed by atoms with Crippen LogP contribution in [0.2, 0.25) is 0 Å². The van der Waals surface area contributed by atoms with Crippen LogP contribution in [0.3, 0.4) is 0 Å². The SMILES string of the molecule is CC.CC(CCC(=O)N(C)C=O)N1Cc2c(SCc3ccc(CN4CCCCC4)cc3)cccc2C1=O. The second kappa shape index (κ2) is 14.3. The molecule has 0 bridgehead atoms. The first kappa shape index (κ1) is 28.9. The van der Waals surface area contributed by atoms with Crippen LogP contribution in [0.1, 0.15) is 79.9 Å². The molecule has 0 spiro atoms. The summed E-state index contributed by atoms with van der Waals surface area (Å²) < 4.78 is 0. The molecule has 37 heavy (non-hydrogen) atoms. The van der Waals surface area contributed by atoms with Crippen LogP contribution in [0, 0.1) is 0 Å². The zero-order valence-corrected chi connectivity index (χ0v) is 23.6. The summed E-state index contributed by atoms with van der Waals surface area (Å²) in [7, 11) is 1.46. The second-order valence-electron chi connectivity index (χ2n) is 9.66. The molecule has 2 aliphatic heterocycles. The molecule has 0 saturated carbocycles. The van der Waals surface area contributed by atoms with Crippen LogP contribution in [0.25, 0.3) is 0 Å². The maximum Gasteiger partial charge on any atom is 0.254 e. The lowest BCUT2D eigenvalue weighted by molar-refractivity contribution is -0.136. The van der Waals surface area contributed by atoms with Crippen LogP contribution >= 0.6 is 11.8 Å². The predicted octanol–water partition coefficient (Wildman–Crippen LogP) is 5.73. The number of benzene rings is 2. The topological polar surface area (TPSA) is 60.9 Å². The van der Waals surface area contributed by atoms with Gasteiger partial charge in [0.25, 0.3) is 5.91 Å². The molecule has 200 valence electrons. The molecule has 3 amide bonds. The molecule has 0 aromatic heterocycles. The van der Waals surface area contributed by atoms with Crippen molar-refractivity contribution in [2.24, 2.45) is 0 Å². The quantitative estimate of drug-likeness (QED) is 0.294. The Hall–Kier alpha value is -2.64. The molecule has 1 atom stereocenters. The summed E-state index contributed by atoms with van der Waals surface area (Å²) in [5.74, 6) is 0.652. The van der Waals surface area contributed by atoms with Crippen LogP contribution in [-0.4, -0.2) is 59.1 Å². The molecule has 1 fully saturated rings. The van der Waals surface area contributed by atoms with Gasteiger partial charge in [0.2, 0.25) is 12.3 Å². The highest BCUT2D eigenvalue weighted by molar-refractivity contribution is 7.98. The molecule has 7 heteroatoms. The van der Waals surface area contributed by atoms with Crippen molar-refractivity contribution in [1.82, 2.24) is 14.7 Å². The molecule has 2 heterocycles. The second-order valence-corrected chi connectivity index (χ2v) is 10.7. The van der Waals surface area contributed by atoms with Gasteiger partial charge in [-0.05, 0) is 68.1 Å². The lowest BCUT2D eigenvalue weighted by Gasteiger charge is -2.26. The summed E-state index contributed by atoms with van der Waals surface area (Å²) >= 11 is 1.77. The molecule has 6 nitrogen and oxygen atoms in total. The van der Waals surface area contributed by atoms with Gasteiger partial charge in [-0.25, -0.2) is 0 Å². The lowest BCUT2D eigenvalue weighted by atomic mass is 10.1. The molecule has 2 aromatic carbocycles. The Morgan fingerprint density at radius 2 is 1.73 bits per heavy atom. The van der Waals surface area contributed by atoms with E-state index in [1.54, 1.807) is 11.8 Å². The Balaban J connectivity index is 0.00000186. The summed E-state index contributed by atoms with van der Waals surface area (Å²) in [4.78, 5) is 42.4. The molecule has 1 unspecified atom stereocenters. The Bertz CT molecular complexity index is 1050. The molecular weight excluding hydrogens is 482 g/mol. The smallest absolute Gasteiger partial charge is 0.254 e. The molecule has 1 saturated heterocycles. The first-order chi connectivity index (χ1) is 18.0. The molecule has 0 aliphatic carbocycles. The van der Waals surface area contributed by atoms with E-state index in [9.17, 15) is 14.4 Å². The molecule has 2 aromatic rings. The normalized spacial score (nSPS) is 16.0. The van der Waals surface area contributed by atoms with Crippen LogP contribution in [-0.2, 0) is 28.4 Å². The van der Waals surface area contributed by atoms with Crippen LogP contribution in [0.15, 0.2) is 47.4 Å². The van der Waals surface area contributed by atoms with Crippen molar-refractivity contribution in [3.05, 3.63) is 64.7 Å². The van der Waals surface area contributed by atoms with E-state index in [1.165, 1.54) is 50.5 Å². The largest absolute Gasteiger partial charge is 0.332 e. The minimum atomic E-state index is -0.228. The number of imide groups is 1. The average Bonchev–Trinajstić information content (AvgIpc) is 3.29. The number of rotatable bonds is 10. The summed E-state index contributed by atoms with van der Waals surface area (Å²) in [6.07, 6.45) is 5.27. The lowest BCUT2D eigenvalue weighted by Crippen LogP contribution is -2.35. The summed E-state index contributed by atoms with van der Waals surface area (Å²) in [6, 6.07) is 14.8. The number of hydrogen-bond acceptors (Lipinski definition) is 5. The number of piperidine rings is 1. The number of amides is 3. The van der Waals surface area contributed by atoms with Crippen LogP contribution in [0.5, 0.6) is 0 Å². The highest BCUT2D eigenvalue weighted by Gasteiger charge is 2.32. The van der Waals surface area contributed by atoms with Crippen molar-refractivity contribution in [3.63, 3.8) is 0 Å². The van der Waals surface area contributed by atoms with E-state index in [0.29, 0.717) is 19.4 Å². The van der Waals surface area contributed by atoms with Gasteiger partial charge in [-0.3, -0.25) is 24.2 Å². The Labute approximate surface area is 226 Å². The van der Waals surface area contributed by atoms with Crippen LogP contribution < -0.4 is 0 Å². The van der Waals surface area contributed by atoms with Crippen LogP contribution in [0.4, 0.5) is 0 Å². The number of likely N-dealkylation sites (tertiary alicyclic amines) is 1. The van der Waals surface area contributed by atoms with Gasteiger partial charge in [0.15, 0.2) is 0 Å². The van der Waals surface area contributed by atoms with E-state index in [0.717, 1.165) is 33.2 Å². The van der Waals surface area contributed by atoms with E-state index in [2.05, 4.69) is 35.2 Å². The number of carbonyl (C=O) groups excluding carboxylic acids is 3. The van der Waals surface area contributed by atoms with Crippen molar-refractivity contribution in [2.45, 2.75) is 82.7 Å². The van der Waals surface area contributed by atoms with Crippen molar-refractivity contribution in [2.75, 3.05) is 20.1 Å². The molecule has 2 aliphatic rings. The third-order valence-corrected chi connectivity index (χ3v) is 8.26. The fraction of sp³-hybridized carbons (Fsp3) is 0.500. The summed E-state index contributed by atoms with van der Waals surface area (Å²) in [5, 5.41) is 0. The number of hydrogen-bond donors (Lipinski definition) is 0. The van der Waals surface area contributed by atoms with E-state index in [1.807, 2.05) is 37.8 Å². The highest BCUT2D eigenvalue weighted by atomic mass is 32.2. The first-order valence-corrected chi connectivity index (χ1v) is 14.5. The van der Waals surface area contributed by atoms with Gasteiger partial charge in [-0.2, -0.15) is 0 Å². The van der Waals surface area contributed by atoms with Gasteiger partial charge in [-0.1, -0.05) is 50.6 Å². The van der Waals surface area contributed by atoms with Crippen molar-refractivity contribution in [3.8, 4) is 0 Å². The van der Waals surface area contributed by atoms with E-state index in [4.69, 9.17) is 0 Å². The predicted molar refractivity (Wildman–Crippen MR) is 150 cm³/mol. The van der Waals surface area contributed by atoms with Crippen molar-refractivity contribution >= 4 is 30.0 Å². The maximum atomic E-state index is 13.1. The van der Waals surface area contributed by atoms with E-state index < -0.39 is 0 Å². The van der Waals surface area contributed by atoms with Crippen molar-refractivity contribution in [1.29, 1.82) is 0 Å². The maximum absolute atomic E-state index is 13.1. The first-order valence-electron chi connectivity index (χ1n) is 13.5. The molecule has 0 N–H and O–H groups in total. The van der Waals surface area contributed by atoms with Gasteiger partial charge >= 0.3 is 0 Å². The van der Waals surface area contributed by atoms with Gasteiger partial charge in [0.1, 0.15) is 0 Å². The minimum absolute atomic E-state index is 0.0215. The van der Waals surface area contributed by atoms with Gasteiger partial charge in [0, 0.05) is 48.8 Å².